The average Bonchev–Trinajstić information content (AvgIpc) is 2.23. The van der Waals surface area contributed by atoms with E-state index in [0.29, 0.717) is 0 Å². The topological polar surface area (TPSA) is 55.0 Å². The van der Waals surface area contributed by atoms with Crippen molar-refractivity contribution in [3.05, 3.63) is 29.3 Å². The minimum atomic E-state index is -3.02. The summed E-state index contributed by atoms with van der Waals surface area (Å²) in [6, 6.07) is -0.0451. The molecule has 0 aromatic heterocycles. The highest BCUT2D eigenvalue weighted by Gasteiger charge is 2.16. The van der Waals surface area contributed by atoms with Crippen LogP contribution in [0.5, 0.6) is 0 Å². The predicted octanol–water partition coefficient (Wildman–Crippen LogP) is -3.82. The van der Waals surface area contributed by atoms with E-state index in [1.54, 1.807) is 0 Å². The molecule has 0 aliphatic rings. The molecule has 0 fully saturated rings. The normalized spacial score (nSPS) is 9.81. The molecular weight excluding hydrogens is 291 g/mol. The van der Waals surface area contributed by atoms with Crippen LogP contribution in [0.4, 0.5) is 17.6 Å². The van der Waals surface area contributed by atoms with Gasteiger partial charge in [0, 0.05) is 6.07 Å². The maximum Gasteiger partial charge on any atom is 0.193 e. The van der Waals surface area contributed by atoms with Crippen molar-refractivity contribution >= 4 is 12.6 Å². The number of rotatable bonds is 1. The first kappa shape index (κ1) is 22.1. The van der Waals surface area contributed by atoms with E-state index in [2.05, 4.69) is 42.3 Å². The molecule has 9 heteroatoms. The number of hydrogen-bond donors (Lipinski definition) is 2. The van der Waals surface area contributed by atoms with Crippen LogP contribution < -0.4 is 25.3 Å². The van der Waals surface area contributed by atoms with E-state index < -0.39 is 35.9 Å². The van der Waals surface area contributed by atoms with Crippen LogP contribution >= 0.6 is 0 Å². The van der Waals surface area contributed by atoms with Crippen molar-refractivity contribution < 1.29 is 37.4 Å². The lowest BCUT2D eigenvalue weighted by atomic mass is 9.79. The van der Waals surface area contributed by atoms with E-state index in [1.807, 2.05) is 0 Å². The largest absolute Gasteiger partial charge is 0.889 e. The van der Waals surface area contributed by atoms with Crippen molar-refractivity contribution in [1.29, 1.82) is 0 Å². The molecule has 0 bridgehead atoms. The second-order valence-electron chi connectivity index (χ2n) is 5.21. The Balaban J connectivity index is 0. The molecule has 0 aliphatic heterocycles. The lowest BCUT2D eigenvalue weighted by Gasteiger charge is -2.27. The standard InChI is InChI=1S/C6HBF4O2.2C3H9N/c8-2-1-3(9)5(10)6(11)4(2)7(12)13;2*1-4(2)3/h1H;2*1-3H3/q-2;;/p+2. The number of quaternary nitrogens is 2. The summed E-state index contributed by atoms with van der Waals surface area (Å²) in [7, 11) is 9.48. The van der Waals surface area contributed by atoms with Crippen LogP contribution in [0.2, 0.25) is 0 Å². The lowest BCUT2D eigenvalue weighted by molar-refractivity contribution is -0.836. The highest BCUT2D eigenvalue weighted by atomic mass is 19.2. The molecule has 0 heterocycles. The molecular formula is C12H21BF4N2O2. The van der Waals surface area contributed by atoms with E-state index in [1.165, 1.54) is 9.80 Å². The Hall–Kier alpha value is -1.16. The van der Waals surface area contributed by atoms with Gasteiger partial charge in [-0.25, -0.2) is 17.6 Å². The number of hydrogen-bond acceptors (Lipinski definition) is 2. The summed E-state index contributed by atoms with van der Waals surface area (Å²) in [4.78, 5) is 2.83. The van der Waals surface area contributed by atoms with Crippen LogP contribution in [0.3, 0.4) is 0 Å². The molecule has 0 spiro atoms. The Kier molecular flexibility index (Phi) is 11.1. The molecule has 0 aliphatic carbocycles. The molecule has 0 saturated heterocycles. The van der Waals surface area contributed by atoms with Crippen molar-refractivity contribution in [3.8, 4) is 0 Å². The average molecular weight is 312 g/mol. The van der Waals surface area contributed by atoms with Gasteiger partial charge in [-0.1, -0.05) is 12.6 Å². The first-order valence-electron chi connectivity index (χ1n) is 6.09. The third kappa shape index (κ3) is 10.2. The summed E-state index contributed by atoms with van der Waals surface area (Å²) in [5.41, 5.74) is -1.53. The zero-order valence-corrected chi connectivity index (χ0v) is 13.0. The maximum absolute atomic E-state index is 12.5. The molecule has 1 aromatic rings. The second-order valence-corrected chi connectivity index (χ2v) is 5.21. The smallest absolute Gasteiger partial charge is 0.193 e. The molecule has 0 atom stereocenters. The SMILES string of the molecule is C[NH+](C)C.C[NH+](C)C.[O-]B([O-])c1c(F)cc(F)c(F)c1F. The second kappa shape index (κ2) is 10.6. The van der Waals surface area contributed by atoms with Gasteiger partial charge in [-0.05, 0) is 0 Å². The highest BCUT2D eigenvalue weighted by Crippen LogP contribution is 2.10. The van der Waals surface area contributed by atoms with Gasteiger partial charge in [0.25, 0.3) is 0 Å². The first-order valence-corrected chi connectivity index (χ1v) is 6.09. The Labute approximate surface area is 122 Å². The Morgan fingerprint density at radius 3 is 1.38 bits per heavy atom. The summed E-state index contributed by atoms with van der Waals surface area (Å²) < 4.78 is 49.6. The van der Waals surface area contributed by atoms with Crippen molar-refractivity contribution in [1.82, 2.24) is 0 Å². The molecule has 0 saturated carbocycles. The third-order valence-electron chi connectivity index (χ3n) is 1.39. The van der Waals surface area contributed by atoms with Gasteiger partial charge in [0.1, 0.15) is 5.82 Å². The van der Waals surface area contributed by atoms with Crippen LogP contribution in [0.15, 0.2) is 6.07 Å². The summed E-state index contributed by atoms with van der Waals surface area (Å²) in [5, 5.41) is 20.2. The Morgan fingerprint density at radius 1 is 0.762 bits per heavy atom. The zero-order chi connectivity index (χ0) is 17.3. The van der Waals surface area contributed by atoms with Crippen LogP contribution in [-0.4, -0.2) is 49.4 Å². The fourth-order valence-corrected chi connectivity index (χ4v) is 0.796. The molecule has 122 valence electrons. The van der Waals surface area contributed by atoms with Crippen LogP contribution in [0, 0.1) is 23.3 Å². The Morgan fingerprint density at radius 2 is 1.10 bits per heavy atom. The molecule has 0 radical (unpaired) electrons. The van der Waals surface area contributed by atoms with Gasteiger partial charge in [0.2, 0.25) is 0 Å². The molecule has 1 rings (SSSR count). The minimum Gasteiger partial charge on any atom is -0.889 e. The molecule has 0 unspecified atom stereocenters. The highest BCUT2D eigenvalue weighted by molar-refractivity contribution is 6.55. The maximum atomic E-state index is 12.5. The van der Waals surface area contributed by atoms with E-state index in [4.69, 9.17) is 0 Å². The molecule has 1 aromatic carbocycles. The molecule has 2 N–H and O–H groups in total. The summed E-state index contributed by atoms with van der Waals surface area (Å²) in [5.74, 6) is -7.54. The van der Waals surface area contributed by atoms with Crippen LogP contribution in [0.1, 0.15) is 0 Å². The van der Waals surface area contributed by atoms with E-state index in [9.17, 15) is 27.6 Å². The monoisotopic (exact) mass is 312 g/mol. The van der Waals surface area contributed by atoms with Gasteiger partial charge in [0.05, 0.1) is 42.3 Å². The lowest BCUT2D eigenvalue weighted by Crippen LogP contribution is -3.02. The van der Waals surface area contributed by atoms with Gasteiger partial charge in [0.15, 0.2) is 17.5 Å². The number of nitrogens with one attached hydrogen (secondary N) is 2. The van der Waals surface area contributed by atoms with Crippen LogP contribution in [-0.2, 0) is 0 Å². The predicted molar refractivity (Wildman–Crippen MR) is 69.1 cm³/mol. The van der Waals surface area contributed by atoms with Gasteiger partial charge < -0.3 is 19.8 Å². The summed E-state index contributed by atoms with van der Waals surface area (Å²) in [6.07, 6.45) is 0. The van der Waals surface area contributed by atoms with Crippen molar-refractivity contribution in [2.45, 2.75) is 0 Å². The van der Waals surface area contributed by atoms with Crippen LogP contribution in [0.25, 0.3) is 0 Å². The van der Waals surface area contributed by atoms with Gasteiger partial charge in [-0.2, -0.15) is 0 Å². The van der Waals surface area contributed by atoms with E-state index in [-0.39, 0.29) is 6.07 Å². The summed E-state index contributed by atoms with van der Waals surface area (Å²) >= 11 is 0. The number of benzene rings is 1. The first-order chi connectivity index (χ1) is 9.41. The van der Waals surface area contributed by atoms with E-state index in [0.717, 1.165) is 0 Å². The fourth-order valence-electron chi connectivity index (χ4n) is 0.796. The fraction of sp³-hybridized carbons (Fsp3) is 0.500. The number of halogens is 4. The van der Waals surface area contributed by atoms with Gasteiger partial charge in [-0.3, -0.25) is 0 Å². The molecule has 0 amide bonds. The van der Waals surface area contributed by atoms with Crippen molar-refractivity contribution in [2.24, 2.45) is 0 Å². The van der Waals surface area contributed by atoms with Crippen molar-refractivity contribution in [2.75, 3.05) is 42.3 Å². The zero-order valence-electron chi connectivity index (χ0n) is 13.0. The molecule has 21 heavy (non-hydrogen) atoms. The molecule has 4 nitrogen and oxygen atoms in total. The van der Waals surface area contributed by atoms with Gasteiger partial charge in [-0.15, -0.1) is 0 Å². The third-order valence-corrected chi connectivity index (χ3v) is 1.39. The minimum absolute atomic E-state index is 0.0451. The Bertz CT molecular complexity index is 421. The van der Waals surface area contributed by atoms with Gasteiger partial charge >= 0.3 is 0 Å². The summed E-state index contributed by atoms with van der Waals surface area (Å²) in [6.45, 7) is 0. The van der Waals surface area contributed by atoms with Crippen molar-refractivity contribution in [3.63, 3.8) is 0 Å². The quantitative estimate of drug-likeness (QED) is 0.242. The van der Waals surface area contributed by atoms with E-state index >= 15 is 0 Å².